The van der Waals surface area contributed by atoms with Gasteiger partial charge in [0.05, 0.1) is 18.7 Å². The van der Waals surface area contributed by atoms with Crippen molar-refractivity contribution in [1.82, 2.24) is 19.8 Å². The lowest BCUT2D eigenvalue weighted by Crippen LogP contribution is -2.57. The van der Waals surface area contributed by atoms with E-state index in [0.717, 1.165) is 9.80 Å². The molecule has 1 saturated heterocycles. The zero-order valence-corrected chi connectivity index (χ0v) is 39.5. The fourth-order valence-electron chi connectivity index (χ4n) is 5.54. The molecule has 1 fully saturated rings. The number of aliphatic hydroxyl groups excluding tert-OH is 1. The number of hydrogen-bond donors (Lipinski definition) is 2. The Morgan fingerprint density at radius 1 is 0.710 bits per heavy atom. The number of aliphatic hydroxyl groups is 1. The Hall–Kier alpha value is -4.72. The van der Waals surface area contributed by atoms with Crippen LogP contribution < -0.4 is 5.32 Å². The maximum atomic E-state index is 13.9. The van der Waals surface area contributed by atoms with Gasteiger partial charge in [0.2, 0.25) is 0 Å². The number of carbonyl (C=O) groups is 6. The van der Waals surface area contributed by atoms with Gasteiger partial charge < -0.3 is 34.2 Å². The van der Waals surface area contributed by atoms with Gasteiger partial charge in [-0.1, -0.05) is 12.1 Å². The van der Waals surface area contributed by atoms with E-state index in [1.54, 1.807) is 140 Å². The summed E-state index contributed by atoms with van der Waals surface area (Å²) in [4.78, 5) is 99.4. The first-order valence-corrected chi connectivity index (χ1v) is 20.7. The van der Waals surface area contributed by atoms with E-state index in [9.17, 15) is 33.9 Å². The Bertz CT molecular complexity index is 1630. The molecule has 0 aliphatic carbocycles. The van der Waals surface area contributed by atoms with Crippen LogP contribution in [0.4, 0.5) is 24.9 Å². The van der Waals surface area contributed by atoms with Crippen molar-refractivity contribution < 1.29 is 67.4 Å². The molecule has 0 bridgehead atoms. The third kappa shape index (κ3) is 20.0. The first-order valence-electron chi connectivity index (χ1n) is 20.7. The molecule has 1 aliphatic rings. The molecular weight excluding hydrogens is 810 g/mol. The van der Waals surface area contributed by atoms with E-state index in [0.29, 0.717) is 16.3 Å². The molecule has 1 aliphatic heterocycles. The summed E-state index contributed by atoms with van der Waals surface area (Å²) in [7, 11) is 0. The van der Waals surface area contributed by atoms with Gasteiger partial charge in [-0.15, -0.1) is 5.06 Å². The first kappa shape index (κ1) is 53.4. The lowest BCUT2D eigenvalue weighted by molar-refractivity contribution is -0.368. The van der Waals surface area contributed by atoms with Crippen molar-refractivity contribution in [2.45, 2.75) is 176 Å². The number of hydrogen-bond acceptors (Lipinski definition) is 16. The van der Waals surface area contributed by atoms with Gasteiger partial charge in [0.25, 0.3) is 5.91 Å². The van der Waals surface area contributed by atoms with Gasteiger partial charge in [0, 0.05) is 30.6 Å². The van der Waals surface area contributed by atoms with Crippen LogP contribution >= 0.6 is 0 Å². The van der Waals surface area contributed by atoms with Crippen molar-refractivity contribution >= 4 is 41.9 Å². The number of amides is 5. The van der Waals surface area contributed by atoms with E-state index in [4.69, 9.17) is 33.6 Å². The summed E-state index contributed by atoms with van der Waals surface area (Å²) in [5.74, 6) is -1.29. The molecule has 0 saturated carbocycles. The van der Waals surface area contributed by atoms with Gasteiger partial charge in [0.15, 0.2) is 6.23 Å². The van der Waals surface area contributed by atoms with E-state index in [1.807, 2.05) is 0 Å². The monoisotopic (exact) mass is 881 g/mol. The number of carbonyl (C=O) groups excluding carboxylic acids is 6. The van der Waals surface area contributed by atoms with Crippen molar-refractivity contribution in [3.8, 4) is 0 Å². The van der Waals surface area contributed by atoms with E-state index < -0.39 is 82.6 Å². The van der Waals surface area contributed by atoms with Crippen LogP contribution in [0.3, 0.4) is 0 Å². The average Bonchev–Trinajstić information content (AvgIpc) is 3.38. The fraction of sp³-hybridized carbons (Fsp3) is 0.721. The molecule has 3 atom stereocenters. The summed E-state index contributed by atoms with van der Waals surface area (Å²) >= 11 is 0. The van der Waals surface area contributed by atoms with E-state index in [1.165, 1.54) is 0 Å². The van der Waals surface area contributed by atoms with E-state index in [2.05, 4.69) is 5.32 Å². The van der Waals surface area contributed by atoms with Crippen molar-refractivity contribution in [3.63, 3.8) is 0 Å². The van der Waals surface area contributed by atoms with E-state index in [-0.39, 0.29) is 45.6 Å². The van der Waals surface area contributed by atoms with Crippen LogP contribution in [0.25, 0.3) is 0 Å². The number of hydroxylamine groups is 2. The molecule has 62 heavy (non-hydrogen) atoms. The third-order valence-corrected chi connectivity index (χ3v) is 8.04. The highest BCUT2D eigenvalue weighted by Gasteiger charge is 2.39. The molecular formula is C43H71N5O14. The van der Waals surface area contributed by atoms with Gasteiger partial charge in [-0.2, -0.15) is 0 Å². The second-order valence-corrected chi connectivity index (χ2v) is 20.1. The quantitative estimate of drug-likeness (QED) is 0.0775. The Morgan fingerprint density at radius 3 is 1.53 bits per heavy atom. The topological polar surface area (TPSA) is 212 Å². The molecule has 0 spiro atoms. The number of nitrogens with one attached hydrogen (secondary N) is 1. The van der Waals surface area contributed by atoms with Gasteiger partial charge >= 0.3 is 30.3 Å². The van der Waals surface area contributed by atoms with Crippen LogP contribution in [0, 0.1) is 0 Å². The molecule has 352 valence electrons. The lowest BCUT2D eigenvalue weighted by atomic mass is 10.0. The molecule has 0 unspecified atom stereocenters. The number of rotatable bonds is 15. The molecule has 19 nitrogen and oxygen atoms in total. The molecule has 1 heterocycles. The molecule has 1 aromatic carbocycles. The van der Waals surface area contributed by atoms with Crippen molar-refractivity contribution in [1.29, 1.82) is 0 Å². The first-order chi connectivity index (χ1) is 28.1. The molecule has 5 amide bonds. The second kappa shape index (κ2) is 21.6. The van der Waals surface area contributed by atoms with Crippen molar-refractivity contribution in [3.05, 3.63) is 29.8 Å². The van der Waals surface area contributed by atoms with Crippen LogP contribution in [-0.4, -0.2) is 134 Å². The predicted octanol–water partition coefficient (Wildman–Crippen LogP) is 7.15. The number of benzene rings is 1. The normalized spacial score (nSPS) is 16.0. The highest BCUT2D eigenvalue weighted by Crippen LogP contribution is 2.24. The van der Waals surface area contributed by atoms with Gasteiger partial charge in [0.1, 0.15) is 35.7 Å². The molecule has 0 radical (unpaired) electrons. The zero-order valence-electron chi connectivity index (χ0n) is 39.5. The largest absolute Gasteiger partial charge is 0.443 e. The maximum Gasteiger partial charge on any atom is 0.419 e. The minimum absolute atomic E-state index is 0.0648. The van der Waals surface area contributed by atoms with Crippen LogP contribution in [-0.2, 0) is 49.6 Å². The molecule has 2 rings (SSSR count). The summed E-state index contributed by atoms with van der Waals surface area (Å²) in [6.45, 7) is 25.8. The summed E-state index contributed by atoms with van der Waals surface area (Å²) in [5.41, 5.74) is -3.49. The lowest BCUT2D eigenvalue weighted by Gasteiger charge is -2.40. The number of nitrogens with zero attached hydrogens (tertiary/aromatic N) is 4. The summed E-state index contributed by atoms with van der Waals surface area (Å²) < 4.78 is 22.6. The SMILES string of the molecule is C[C@@H](CN(C(=O)OC(C)(C)C)C(=O)OC(C)(C)C)N(COOC(C)(C)C)[C@H](Cc1ccc(NCC(=O)ON2C(=O)CC[C@@H]2O)cc1)CN(C(=O)OC(C)(C)C)C(=O)OC(C)(C)C. The van der Waals surface area contributed by atoms with Gasteiger partial charge in [-0.05, 0) is 135 Å². The van der Waals surface area contributed by atoms with Crippen LogP contribution in [0.15, 0.2) is 24.3 Å². The highest BCUT2D eigenvalue weighted by atomic mass is 17.2. The summed E-state index contributed by atoms with van der Waals surface area (Å²) in [5, 5.41) is 13.5. The Labute approximate surface area is 366 Å². The van der Waals surface area contributed by atoms with Crippen molar-refractivity contribution in [2.24, 2.45) is 0 Å². The maximum absolute atomic E-state index is 13.9. The molecule has 2 N–H and O–H groups in total. The summed E-state index contributed by atoms with van der Waals surface area (Å²) in [6.07, 6.45) is -4.72. The average molecular weight is 882 g/mol. The smallest absolute Gasteiger partial charge is 0.419 e. The minimum Gasteiger partial charge on any atom is -0.443 e. The van der Waals surface area contributed by atoms with Gasteiger partial charge in [-0.3, -0.25) is 9.69 Å². The molecule has 0 aromatic heterocycles. The Morgan fingerprint density at radius 2 is 1.15 bits per heavy atom. The van der Waals surface area contributed by atoms with Crippen LogP contribution in [0.1, 0.15) is 129 Å². The van der Waals surface area contributed by atoms with Crippen LogP contribution in [0.2, 0.25) is 0 Å². The second-order valence-electron chi connectivity index (χ2n) is 20.1. The van der Waals surface area contributed by atoms with E-state index >= 15 is 0 Å². The molecule has 19 heteroatoms. The van der Waals surface area contributed by atoms with Gasteiger partial charge in [-0.25, -0.2) is 43.5 Å². The molecule has 1 aromatic rings. The van der Waals surface area contributed by atoms with Crippen molar-refractivity contribution in [2.75, 3.05) is 31.7 Å². The number of anilines is 1. The number of ether oxygens (including phenoxy) is 4. The van der Waals surface area contributed by atoms with Crippen LogP contribution in [0.5, 0.6) is 0 Å². The standard InChI is InChI=1S/C43H71N5O14/c1-28(25-45(35(52)57-39(2,3)4)36(53)58-40(5,6)7)47(27-56-62-43(14,15)16)31(26-46(37(54)59-41(8,9)10)38(55)60-42(11,12)13)23-29-17-19-30(20-18-29)44-24-34(51)61-48-32(49)21-22-33(48)50/h17-20,28,31-32,44,49H,21-27H2,1-16H3/t28-,31+,32-/m0/s1. The minimum atomic E-state index is -1.20. The zero-order chi connectivity index (χ0) is 47.6. The predicted molar refractivity (Wildman–Crippen MR) is 227 cm³/mol. The summed E-state index contributed by atoms with van der Waals surface area (Å²) in [6, 6.07) is 5.26. The highest BCUT2D eigenvalue weighted by molar-refractivity contribution is 5.89. The Kier molecular flexibility index (Phi) is 18.6. The Balaban J connectivity index is 2.66. The fourth-order valence-corrected chi connectivity index (χ4v) is 5.54. The third-order valence-electron chi connectivity index (χ3n) is 8.04. The number of imide groups is 2.